The first-order chi connectivity index (χ1) is 11.6. The summed E-state index contributed by atoms with van der Waals surface area (Å²) in [6.45, 7) is 2.99. The maximum atomic E-state index is 12.3. The molecule has 1 aromatic rings. The summed E-state index contributed by atoms with van der Waals surface area (Å²) in [4.78, 5) is 25.6. The third-order valence-corrected chi connectivity index (χ3v) is 4.52. The zero-order valence-electron chi connectivity index (χ0n) is 13.9. The molecule has 130 valence electrons. The molecule has 2 aliphatic rings. The maximum absolute atomic E-state index is 12.3. The Morgan fingerprint density at radius 2 is 1.92 bits per heavy atom. The van der Waals surface area contributed by atoms with E-state index in [-0.39, 0.29) is 12.0 Å². The lowest BCUT2D eigenvalue weighted by molar-refractivity contribution is -0.117. The van der Waals surface area contributed by atoms with Crippen molar-refractivity contribution in [2.45, 2.75) is 31.8 Å². The van der Waals surface area contributed by atoms with E-state index in [4.69, 9.17) is 10.5 Å². The summed E-state index contributed by atoms with van der Waals surface area (Å²) in [6, 6.07) is 6.63. The van der Waals surface area contributed by atoms with Crippen molar-refractivity contribution in [3.63, 3.8) is 0 Å². The van der Waals surface area contributed by atoms with Crippen LogP contribution in [0.3, 0.4) is 0 Å². The fraction of sp³-hybridized carbons (Fsp3) is 0.556. The van der Waals surface area contributed by atoms with Crippen molar-refractivity contribution >= 4 is 17.5 Å². The lowest BCUT2D eigenvalue weighted by Crippen LogP contribution is -2.39. The van der Waals surface area contributed by atoms with Crippen LogP contribution in [0.15, 0.2) is 24.3 Å². The number of hydrogen-bond donors (Lipinski definition) is 2. The molecular formula is C18H25N3O3. The molecule has 6 heteroatoms. The van der Waals surface area contributed by atoms with Crippen LogP contribution in [0, 0.1) is 5.92 Å². The Balaban J connectivity index is 1.52. The summed E-state index contributed by atoms with van der Waals surface area (Å²) in [5.41, 5.74) is 6.32. The number of anilines is 1. The minimum atomic E-state index is -0.472. The molecule has 1 saturated carbocycles. The molecule has 0 spiro atoms. The van der Waals surface area contributed by atoms with Crippen LogP contribution >= 0.6 is 0 Å². The number of rotatable bonds is 8. The second-order valence-electron chi connectivity index (χ2n) is 6.76. The van der Waals surface area contributed by atoms with Gasteiger partial charge in [0.05, 0.1) is 12.6 Å². The number of nitrogens with zero attached hydrogens (tertiary/aromatic N) is 1. The van der Waals surface area contributed by atoms with Gasteiger partial charge in [-0.05, 0) is 55.9 Å². The zero-order chi connectivity index (χ0) is 16.9. The predicted octanol–water partition coefficient (Wildman–Crippen LogP) is 1.61. The largest absolute Gasteiger partial charge is 0.377 e. The average Bonchev–Trinajstić information content (AvgIpc) is 3.20. The molecule has 1 heterocycles. The van der Waals surface area contributed by atoms with Gasteiger partial charge in [0.2, 0.25) is 11.8 Å². The lowest BCUT2D eigenvalue weighted by atomic mass is 10.2. The highest BCUT2D eigenvalue weighted by Gasteiger charge is 2.28. The van der Waals surface area contributed by atoms with Crippen LogP contribution in [0.5, 0.6) is 0 Å². The quantitative estimate of drug-likeness (QED) is 0.758. The van der Waals surface area contributed by atoms with Gasteiger partial charge in [0, 0.05) is 30.9 Å². The molecule has 0 unspecified atom stereocenters. The minimum absolute atomic E-state index is 0.0412. The van der Waals surface area contributed by atoms with Gasteiger partial charge in [-0.25, -0.2) is 0 Å². The highest BCUT2D eigenvalue weighted by molar-refractivity contribution is 5.95. The summed E-state index contributed by atoms with van der Waals surface area (Å²) in [5.74, 6) is 0.217. The SMILES string of the molecule is NC(=O)c1ccc(NC(=O)CN(CC2CC2)C[C@H]2CCCO2)cc1. The number of carbonyl (C=O) groups is 2. The number of benzene rings is 1. The van der Waals surface area contributed by atoms with Crippen LogP contribution in [0.1, 0.15) is 36.0 Å². The molecule has 3 N–H and O–H groups in total. The third kappa shape index (κ3) is 5.04. The Morgan fingerprint density at radius 3 is 2.50 bits per heavy atom. The molecule has 0 radical (unpaired) electrons. The summed E-state index contributed by atoms with van der Waals surface area (Å²) in [6.07, 6.45) is 4.97. The number of primary amides is 1. The van der Waals surface area contributed by atoms with Crippen molar-refractivity contribution < 1.29 is 14.3 Å². The van der Waals surface area contributed by atoms with E-state index in [0.717, 1.165) is 38.5 Å². The van der Waals surface area contributed by atoms with Crippen molar-refractivity contribution in [2.75, 3.05) is 31.6 Å². The molecule has 1 aromatic carbocycles. The minimum Gasteiger partial charge on any atom is -0.377 e. The summed E-state index contributed by atoms with van der Waals surface area (Å²) in [7, 11) is 0. The van der Waals surface area contributed by atoms with E-state index < -0.39 is 5.91 Å². The second kappa shape index (κ2) is 7.77. The molecule has 3 rings (SSSR count). The number of ether oxygens (including phenoxy) is 1. The van der Waals surface area contributed by atoms with Gasteiger partial charge in [0.25, 0.3) is 0 Å². The first kappa shape index (κ1) is 16.9. The molecule has 0 aromatic heterocycles. The molecule has 1 aliphatic carbocycles. The fourth-order valence-corrected chi connectivity index (χ4v) is 3.07. The number of nitrogens with two attached hydrogens (primary N) is 1. The Labute approximate surface area is 142 Å². The number of amides is 2. The Morgan fingerprint density at radius 1 is 1.17 bits per heavy atom. The standard InChI is InChI=1S/C18H25N3O3/c19-18(23)14-5-7-15(8-6-14)20-17(22)12-21(10-13-3-4-13)11-16-2-1-9-24-16/h5-8,13,16H,1-4,9-12H2,(H2,19,23)(H,20,22)/t16-/m1/s1. The van der Waals surface area contributed by atoms with Crippen LogP contribution < -0.4 is 11.1 Å². The van der Waals surface area contributed by atoms with Crippen molar-refractivity contribution in [3.8, 4) is 0 Å². The predicted molar refractivity (Wildman–Crippen MR) is 91.7 cm³/mol. The van der Waals surface area contributed by atoms with Crippen molar-refractivity contribution in [1.29, 1.82) is 0 Å². The average molecular weight is 331 g/mol. The van der Waals surface area contributed by atoms with Gasteiger partial charge in [-0.15, -0.1) is 0 Å². The molecule has 1 saturated heterocycles. The summed E-state index contributed by atoms with van der Waals surface area (Å²) in [5, 5.41) is 2.88. The molecule has 1 aliphatic heterocycles. The molecular weight excluding hydrogens is 306 g/mol. The number of hydrogen-bond acceptors (Lipinski definition) is 4. The highest BCUT2D eigenvalue weighted by Crippen LogP contribution is 2.30. The van der Waals surface area contributed by atoms with E-state index in [0.29, 0.717) is 17.8 Å². The second-order valence-corrected chi connectivity index (χ2v) is 6.76. The van der Waals surface area contributed by atoms with E-state index in [1.165, 1.54) is 12.8 Å². The zero-order valence-corrected chi connectivity index (χ0v) is 13.9. The Bertz CT molecular complexity index is 578. The van der Waals surface area contributed by atoms with E-state index in [9.17, 15) is 9.59 Å². The fourth-order valence-electron chi connectivity index (χ4n) is 3.07. The lowest BCUT2D eigenvalue weighted by Gasteiger charge is -2.24. The third-order valence-electron chi connectivity index (χ3n) is 4.52. The van der Waals surface area contributed by atoms with E-state index >= 15 is 0 Å². The smallest absolute Gasteiger partial charge is 0.248 e. The monoisotopic (exact) mass is 331 g/mol. The Hall–Kier alpha value is -1.92. The molecule has 1 atom stereocenters. The van der Waals surface area contributed by atoms with Gasteiger partial charge < -0.3 is 15.8 Å². The molecule has 0 bridgehead atoms. The molecule has 6 nitrogen and oxygen atoms in total. The van der Waals surface area contributed by atoms with Gasteiger partial charge in [-0.1, -0.05) is 0 Å². The number of nitrogens with one attached hydrogen (secondary N) is 1. The van der Waals surface area contributed by atoms with E-state index in [1.54, 1.807) is 24.3 Å². The maximum Gasteiger partial charge on any atom is 0.248 e. The van der Waals surface area contributed by atoms with Gasteiger partial charge in [-0.3, -0.25) is 14.5 Å². The normalized spacial score (nSPS) is 20.3. The van der Waals surface area contributed by atoms with E-state index in [1.807, 2.05) is 0 Å². The van der Waals surface area contributed by atoms with Gasteiger partial charge >= 0.3 is 0 Å². The van der Waals surface area contributed by atoms with Gasteiger partial charge in [-0.2, -0.15) is 0 Å². The first-order valence-corrected chi connectivity index (χ1v) is 8.64. The van der Waals surface area contributed by atoms with Crippen molar-refractivity contribution in [3.05, 3.63) is 29.8 Å². The highest BCUT2D eigenvalue weighted by atomic mass is 16.5. The number of carbonyl (C=O) groups excluding carboxylic acids is 2. The van der Waals surface area contributed by atoms with Gasteiger partial charge in [0.15, 0.2) is 0 Å². The van der Waals surface area contributed by atoms with Crippen LogP contribution in [-0.2, 0) is 9.53 Å². The molecule has 2 amide bonds. The van der Waals surface area contributed by atoms with Crippen LogP contribution in [-0.4, -0.2) is 49.1 Å². The van der Waals surface area contributed by atoms with Gasteiger partial charge in [0.1, 0.15) is 0 Å². The Kier molecular flexibility index (Phi) is 5.48. The van der Waals surface area contributed by atoms with E-state index in [2.05, 4.69) is 10.2 Å². The molecule has 24 heavy (non-hydrogen) atoms. The van der Waals surface area contributed by atoms with Crippen molar-refractivity contribution in [1.82, 2.24) is 4.90 Å². The first-order valence-electron chi connectivity index (χ1n) is 8.64. The van der Waals surface area contributed by atoms with Crippen LogP contribution in [0.4, 0.5) is 5.69 Å². The van der Waals surface area contributed by atoms with Crippen LogP contribution in [0.2, 0.25) is 0 Å². The summed E-state index contributed by atoms with van der Waals surface area (Å²) >= 11 is 0. The topological polar surface area (TPSA) is 84.7 Å². The summed E-state index contributed by atoms with van der Waals surface area (Å²) < 4.78 is 5.70. The van der Waals surface area contributed by atoms with Crippen molar-refractivity contribution in [2.24, 2.45) is 11.7 Å². The van der Waals surface area contributed by atoms with Crippen LogP contribution in [0.25, 0.3) is 0 Å². The molecule has 2 fully saturated rings.